The molecule has 0 spiro atoms. The van der Waals surface area contributed by atoms with Gasteiger partial charge in [-0.05, 0) is 12.5 Å². The number of hydrogen-bond acceptors (Lipinski definition) is 2. The maximum Gasteiger partial charge on any atom is 0.310 e. The van der Waals surface area contributed by atoms with Gasteiger partial charge in [-0.15, -0.1) is 0 Å². The minimum Gasteiger partial charge on any atom is -0.221 e. The largest absolute Gasteiger partial charge is 0.310 e. The zero-order chi connectivity index (χ0) is 9.84. The fraction of sp³-hybridized carbons (Fsp3) is 0.111. The lowest BCUT2D eigenvalue weighted by Crippen LogP contribution is -1.95. The van der Waals surface area contributed by atoms with Gasteiger partial charge >= 0.3 is 4.99 Å². The zero-order valence-corrected chi connectivity index (χ0v) is 7.80. The highest BCUT2D eigenvalue weighted by atomic mass is 32.2. The van der Waals surface area contributed by atoms with Crippen molar-refractivity contribution in [3.8, 4) is 0 Å². The van der Waals surface area contributed by atoms with Crippen molar-refractivity contribution in [1.29, 1.82) is 0 Å². The molecule has 0 heterocycles. The van der Waals surface area contributed by atoms with Crippen molar-refractivity contribution < 1.29 is 8.42 Å². The van der Waals surface area contributed by atoms with Gasteiger partial charge in [-0.3, -0.25) is 0 Å². The molecular formula is C9H7NO2S. The van der Waals surface area contributed by atoms with Crippen LogP contribution in [0.3, 0.4) is 0 Å². The molecule has 0 radical (unpaired) electrons. The maximum atomic E-state index is 10.6. The Hall–Kier alpha value is -1.60. The molecule has 13 heavy (non-hydrogen) atoms. The van der Waals surface area contributed by atoms with Crippen molar-refractivity contribution in [1.82, 2.24) is 0 Å². The molecule has 4 heteroatoms. The molecule has 0 aliphatic heterocycles. The first-order valence-electron chi connectivity index (χ1n) is 3.56. The Labute approximate surface area is 78.0 Å². The van der Waals surface area contributed by atoms with Gasteiger partial charge in [-0.2, -0.15) is 8.42 Å². The van der Waals surface area contributed by atoms with E-state index in [4.69, 9.17) is 6.57 Å². The summed E-state index contributed by atoms with van der Waals surface area (Å²) < 4.78 is 21.1. The third-order valence-corrected chi connectivity index (χ3v) is 2.20. The highest BCUT2D eigenvalue weighted by Gasteiger charge is 2.03. The molecular weight excluding hydrogens is 186 g/mol. The van der Waals surface area contributed by atoms with Gasteiger partial charge in [0.2, 0.25) is 10.3 Å². The first-order valence-corrected chi connectivity index (χ1v) is 4.63. The van der Waals surface area contributed by atoms with Crippen LogP contribution in [0.5, 0.6) is 0 Å². The third kappa shape index (κ3) is 2.17. The summed E-state index contributed by atoms with van der Waals surface area (Å²) in [6.45, 7) is 8.57. The number of aryl methyl sites for hydroxylation is 1. The fourth-order valence-electron chi connectivity index (χ4n) is 0.894. The Balaban J connectivity index is 3.34. The molecule has 1 rings (SSSR count). The van der Waals surface area contributed by atoms with Crippen molar-refractivity contribution in [3.05, 3.63) is 46.8 Å². The van der Waals surface area contributed by atoms with Crippen molar-refractivity contribution in [2.75, 3.05) is 0 Å². The van der Waals surface area contributed by atoms with Crippen LogP contribution in [0.15, 0.2) is 24.3 Å². The van der Waals surface area contributed by atoms with Crippen LogP contribution < -0.4 is 0 Å². The van der Waals surface area contributed by atoms with Crippen molar-refractivity contribution in [3.63, 3.8) is 0 Å². The smallest absolute Gasteiger partial charge is 0.221 e. The van der Waals surface area contributed by atoms with Crippen LogP contribution in [-0.2, 0) is 10.3 Å². The summed E-state index contributed by atoms with van der Waals surface area (Å²) in [4.78, 5) is 2.71. The van der Waals surface area contributed by atoms with Gasteiger partial charge in [0.25, 0.3) is 0 Å². The Bertz CT molecular complexity index is 469. The van der Waals surface area contributed by atoms with Crippen LogP contribution in [-0.4, -0.2) is 13.4 Å². The van der Waals surface area contributed by atoms with E-state index < -0.39 is 10.3 Å². The van der Waals surface area contributed by atoms with Gasteiger partial charge in [-0.25, -0.2) is 4.85 Å². The number of hydrogen-bond donors (Lipinski definition) is 0. The maximum absolute atomic E-state index is 10.6. The van der Waals surface area contributed by atoms with Crippen LogP contribution in [0, 0.1) is 13.5 Å². The number of benzene rings is 1. The predicted molar refractivity (Wildman–Crippen MR) is 50.8 cm³/mol. The van der Waals surface area contributed by atoms with Gasteiger partial charge in [-0.1, -0.05) is 29.8 Å². The molecule has 1 aromatic carbocycles. The topological polar surface area (TPSA) is 38.5 Å². The summed E-state index contributed by atoms with van der Waals surface area (Å²) in [5.74, 6) is 0. The highest BCUT2D eigenvalue weighted by molar-refractivity contribution is 7.73. The minimum absolute atomic E-state index is 0.236. The molecule has 0 saturated heterocycles. The van der Waals surface area contributed by atoms with Crippen LogP contribution in [0.25, 0.3) is 4.85 Å². The molecule has 0 saturated carbocycles. The second-order valence-electron chi connectivity index (χ2n) is 2.52. The molecule has 66 valence electrons. The lowest BCUT2D eigenvalue weighted by Gasteiger charge is -1.94. The molecule has 3 nitrogen and oxygen atoms in total. The molecule has 0 fully saturated rings. The van der Waals surface area contributed by atoms with Crippen LogP contribution >= 0.6 is 0 Å². The van der Waals surface area contributed by atoms with E-state index in [1.165, 1.54) is 0 Å². The van der Waals surface area contributed by atoms with Gasteiger partial charge < -0.3 is 0 Å². The van der Waals surface area contributed by atoms with E-state index >= 15 is 0 Å². The third-order valence-electron chi connectivity index (χ3n) is 1.56. The lowest BCUT2D eigenvalue weighted by atomic mass is 10.1. The summed E-state index contributed by atoms with van der Waals surface area (Å²) >= 11 is 0. The Kier molecular flexibility index (Phi) is 2.83. The predicted octanol–water partition coefficient (Wildman–Crippen LogP) is 1.27. The Morgan fingerprint density at radius 3 is 2.23 bits per heavy atom. The zero-order valence-electron chi connectivity index (χ0n) is 6.98. The monoisotopic (exact) mass is 193 g/mol. The summed E-state index contributed by atoms with van der Waals surface area (Å²) in [6.07, 6.45) is 0. The molecule has 0 aliphatic carbocycles. The van der Waals surface area contributed by atoms with Gasteiger partial charge in [0.05, 0.1) is 6.57 Å². The van der Waals surface area contributed by atoms with Crippen molar-refractivity contribution in [2.45, 2.75) is 6.92 Å². The standard InChI is InChI=1S/C9H7NO2S/c1-7-3-5-8(6-4-7)9(10-2)13(11)12/h3-6H,1H3. The van der Waals surface area contributed by atoms with Crippen molar-refractivity contribution >= 4 is 15.3 Å². The average Bonchev–Trinajstić information content (AvgIpc) is 2.09. The fourth-order valence-corrected chi connectivity index (χ4v) is 1.30. The van der Waals surface area contributed by atoms with Gasteiger partial charge in [0, 0.05) is 0 Å². The Morgan fingerprint density at radius 2 is 1.85 bits per heavy atom. The summed E-state index contributed by atoms with van der Waals surface area (Å²) in [5, 5.41) is 0. The summed E-state index contributed by atoms with van der Waals surface area (Å²) in [5.41, 5.74) is 1.47. The second kappa shape index (κ2) is 3.87. The van der Waals surface area contributed by atoms with E-state index in [-0.39, 0.29) is 4.99 Å². The number of nitrogens with zero attached hydrogens (tertiary/aromatic N) is 1. The minimum atomic E-state index is -2.45. The molecule has 0 unspecified atom stereocenters. The van der Waals surface area contributed by atoms with E-state index in [2.05, 4.69) is 4.85 Å². The first-order chi connectivity index (χ1) is 6.15. The summed E-state index contributed by atoms with van der Waals surface area (Å²) in [7, 11) is -2.45. The van der Waals surface area contributed by atoms with E-state index in [1.54, 1.807) is 24.3 Å². The Morgan fingerprint density at radius 1 is 1.31 bits per heavy atom. The molecule has 0 aromatic heterocycles. The van der Waals surface area contributed by atoms with E-state index in [0.717, 1.165) is 5.56 Å². The van der Waals surface area contributed by atoms with E-state index in [9.17, 15) is 8.42 Å². The van der Waals surface area contributed by atoms with E-state index in [0.29, 0.717) is 5.56 Å². The molecule has 0 bridgehead atoms. The average molecular weight is 193 g/mol. The van der Waals surface area contributed by atoms with Gasteiger partial charge in [0.1, 0.15) is 0 Å². The van der Waals surface area contributed by atoms with Crippen LogP contribution in [0.2, 0.25) is 0 Å². The molecule has 1 aromatic rings. The molecule has 0 atom stereocenters. The molecule has 0 amide bonds. The normalized spacial score (nSPS) is 8.92. The second-order valence-corrected chi connectivity index (χ2v) is 3.37. The van der Waals surface area contributed by atoms with Gasteiger partial charge in [0.15, 0.2) is 0 Å². The first kappa shape index (κ1) is 9.49. The molecule has 0 N–H and O–H groups in total. The quantitative estimate of drug-likeness (QED) is 0.497. The molecule has 0 aliphatic rings. The summed E-state index contributed by atoms with van der Waals surface area (Å²) in [6, 6.07) is 6.79. The van der Waals surface area contributed by atoms with Crippen LogP contribution in [0.1, 0.15) is 11.1 Å². The van der Waals surface area contributed by atoms with Crippen molar-refractivity contribution in [2.24, 2.45) is 0 Å². The number of rotatable bonds is 1. The van der Waals surface area contributed by atoms with E-state index in [1.807, 2.05) is 6.92 Å². The highest BCUT2D eigenvalue weighted by Crippen LogP contribution is 2.04. The van der Waals surface area contributed by atoms with Crippen LogP contribution in [0.4, 0.5) is 0 Å². The SMILES string of the molecule is [C-]#[N+]C(c1ccc(C)cc1)=S(=O)=O. The lowest BCUT2D eigenvalue weighted by molar-refractivity contribution is 0.627.